The molecular formula is C18H25NO2. The Balaban J connectivity index is 2.41. The van der Waals surface area contributed by atoms with Gasteiger partial charge in [0.25, 0.3) is 0 Å². The van der Waals surface area contributed by atoms with Gasteiger partial charge in [-0.1, -0.05) is 19.1 Å². The lowest BCUT2D eigenvalue weighted by molar-refractivity contribution is 0.414. The van der Waals surface area contributed by atoms with Crippen LogP contribution in [0, 0.1) is 20.8 Å². The SMILES string of the molecule is CCCNC(c1ccc(OC)cc1)c1c(C)oc(C)c1C. The lowest BCUT2D eigenvalue weighted by atomic mass is 9.95. The van der Waals surface area contributed by atoms with Crippen LogP contribution in [-0.4, -0.2) is 13.7 Å². The van der Waals surface area contributed by atoms with Gasteiger partial charge in [-0.25, -0.2) is 0 Å². The minimum atomic E-state index is 0.160. The summed E-state index contributed by atoms with van der Waals surface area (Å²) >= 11 is 0. The molecule has 1 atom stereocenters. The quantitative estimate of drug-likeness (QED) is 0.860. The van der Waals surface area contributed by atoms with Crippen LogP contribution in [0.1, 0.15) is 47.6 Å². The van der Waals surface area contributed by atoms with E-state index in [2.05, 4.69) is 31.3 Å². The molecule has 114 valence electrons. The Labute approximate surface area is 127 Å². The molecule has 1 aromatic carbocycles. The largest absolute Gasteiger partial charge is 0.497 e. The van der Waals surface area contributed by atoms with E-state index in [1.165, 1.54) is 16.7 Å². The summed E-state index contributed by atoms with van der Waals surface area (Å²) in [7, 11) is 1.69. The summed E-state index contributed by atoms with van der Waals surface area (Å²) in [5.74, 6) is 2.87. The molecule has 0 radical (unpaired) electrons. The fraction of sp³-hybridized carbons (Fsp3) is 0.444. The smallest absolute Gasteiger partial charge is 0.118 e. The number of benzene rings is 1. The van der Waals surface area contributed by atoms with Crippen LogP contribution in [0.2, 0.25) is 0 Å². The van der Waals surface area contributed by atoms with Crippen molar-refractivity contribution in [3.63, 3.8) is 0 Å². The Hall–Kier alpha value is -1.74. The lowest BCUT2D eigenvalue weighted by Gasteiger charge is -2.20. The first-order chi connectivity index (χ1) is 10.1. The Bertz CT molecular complexity index is 584. The van der Waals surface area contributed by atoms with Crippen molar-refractivity contribution < 1.29 is 9.15 Å². The second-order valence-corrected chi connectivity index (χ2v) is 5.41. The number of furan rings is 1. The second-order valence-electron chi connectivity index (χ2n) is 5.41. The standard InChI is InChI=1S/C18H25NO2/c1-6-11-19-18(15-7-9-16(20-5)10-8-15)17-12(2)13(3)21-14(17)4/h7-10,18-19H,6,11H2,1-5H3. The maximum absolute atomic E-state index is 5.81. The van der Waals surface area contributed by atoms with Crippen LogP contribution in [0.4, 0.5) is 0 Å². The van der Waals surface area contributed by atoms with Crippen molar-refractivity contribution >= 4 is 0 Å². The fourth-order valence-electron chi connectivity index (χ4n) is 2.71. The third-order valence-electron chi connectivity index (χ3n) is 3.95. The van der Waals surface area contributed by atoms with Crippen LogP contribution in [0.3, 0.4) is 0 Å². The van der Waals surface area contributed by atoms with E-state index in [-0.39, 0.29) is 6.04 Å². The first kappa shape index (κ1) is 15.6. The predicted molar refractivity (Wildman–Crippen MR) is 86.0 cm³/mol. The summed E-state index contributed by atoms with van der Waals surface area (Å²) in [6.45, 7) is 9.35. The maximum atomic E-state index is 5.81. The molecule has 1 N–H and O–H groups in total. The highest BCUT2D eigenvalue weighted by molar-refractivity contribution is 5.42. The Morgan fingerprint density at radius 1 is 1.10 bits per heavy atom. The predicted octanol–water partition coefficient (Wildman–Crippen LogP) is 4.30. The summed E-state index contributed by atoms with van der Waals surface area (Å²) in [6, 6.07) is 8.41. The van der Waals surface area contributed by atoms with Crippen molar-refractivity contribution in [2.24, 2.45) is 0 Å². The maximum Gasteiger partial charge on any atom is 0.118 e. The van der Waals surface area contributed by atoms with Crippen LogP contribution < -0.4 is 10.1 Å². The second kappa shape index (κ2) is 6.81. The van der Waals surface area contributed by atoms with Crippen LogP contribution in [0.15, 0.2) is 28.7 Å². The van der Waals surface area contributed by atoms with Crippen molar-refractivity contribution in [2.45, 2.75) is 40.2 Å². The van der Waals surface area contributed by atoms with E-state index in [9.17, 15) is 0 Å². The molecule has 0 aliphatic carbocycles. The zero-order valence-electron chi connectivity index (χ0n) is 13.6. The van der Waals surface area contributed by atoms with Gasteiger partial charge in [0.2, 0.25) is 0 Å². The third-order valence-corrected chi connectivity index (χ3v) is 3.95. The average Bonchev–Trinajstić information content (AvgIpc) is 2.74. The van der Waals surface area contributed by atoms with Crippen molar-refractivity contribution in [3.05, 3.63) is 52.5 Å². The van der Waals surface area contributed by atoms with Crippen molar-refractivity contribution in [2.75, 3.05) is 13.7 Å². The normalized spacial score (nSPS) is 12.4. The molecule has 3 heteroatoms. The molecule has 0 aliphatic rings. The lowest BCUT2D eigenvalue weighted by Crippen LogP contribution is -2.24. The molecule has 1 unspecified atom stereocenters. The fourth-order valence-corrected chi connectivity index (χ4v) is 2.71. The Kier molecular flexibility index (Phi) is 5.07. The molecule has 3 nitrogen and oxygen atoms in total. The molecule has 1 heterocycles. The molecular weight excluding hydrogens is 262 g/mol. The van der Waals surface area contributed by atoms with Crippen molar-refractivity contribution in [3.8, 4) is 5.75 Å². The Morgan fingerprint density at radius 3 is 2.24 bits per heavy atom. The summed E-state index contributed by atoms with van der Waals surface area (Å²) in [6.07, 6.45) is 1.10. The van der Waals surface area contributed by atoms with Gasteiger partial charge in [0.1, 0.15) is 17.3 Å². The van der Waals surface area contributed by atoms with Gasteiger partial charge >= 0.3 is 0 Å². The van der Waals surface area contributed by atoms with E-state index in [1.807, 2.05) is 26.0 Å². The zero-order valence-corrected chi connectivity index (χ0v) is 13.6. The molecule has 0 saturated heterocycles. The van der Waals surface area contributed by atoms with E-state index in [1.54, 1.807) is 7.11 Å². The monoisotopic (exact) mass is 287 g/mol. The van der Waals surface area contributed by atoms with Gasteiger partial charge in [-0.05, 0) is 57.0 Å². The van der Waals surface area contributed by atoms with E-state index >= 15 is 0 Å². The Morgan fingerprint density at radius 2 is 1.76 bits per heavy atom. The van der Waals surface area contributed by atoms with Gasteiger partial charge in [-0.3, -0.25) is 0 Å². The van der Waals surface area contributed by atoms with Gasteiger partial charge in [-0.15, -0.1) is 0 Å². The number of methoxy groups -OCH3 is 1. The van der Waals surface area contributed by atoms with E-state index in [0.717, 1.165) is 30.2 Å². The minimum Gasteiger partial charge on any atom is -0.497 e. The summed E-state index contributed by atoms with van der Waals surface area (Å²) < 4.78 is 11.1. The molecule has 0 spiro atoms. The van der Waals surface area contributed by atoms with Crippen molar-refractivity contribution in [1.82, 2.24) is 5.32 Å². The molecule has 0 fully saturated rings. The van der Waals surface area contributed by atoms with Gasteiger partial charge < -0.3 is 14.5 Å². The highest BCUT2D eigenvalue weighted by Crippen LogP contribution is 2.32. The van der Waals surface area contributed by atoms with E-state index in [4.69, 9.17) is 9.15 Å². The summed E-state index contributed by atoms with van der Waals surface area (Å²) in [5.41, 5.74) is 3.72. The van der Waals surface area contributed by atoms with Gasteiger partial charge in [0, 0.05) is 5.56 Å². The van der Waals surface area contributed by atoms with Crippen LogP contribution in [0.5, 0.6) is 5.75 Å². The number of rotatable bonds is 6. The molecule has 0 saturated carbocycles. The van der Waals surface area contributed by atoms with E-state index in [0.29, 0.717) is 0 Å². The number of nitrogens with one attached hydrogen (secondary N) is 1. The zero-order chi connectivity index (χ0) is 15.4. The molecule has 0 aliphatic heterocycles. The van der Waals surface area contributed by atoms with Crippen LogP contribution in [-0.2, 0) is 0 Å². The van der Waals surface area contributed by atoms with Gasteiger partial charge in [0.15, 0.2) is 0 Å². The van der Waals surface area contributed by atoms with Gasteiger partial charge in [-0.2, -0.15) is 0 Å². The molecule has 0 amide bonds. The number of hydrogen-bond acceptors (Lipinski definition) is 3. The highest BCUT2D eigenvalue weighted by Gasteiger charge is 2.22. The van der Waals surface area contributed by atoms with E-state index < -0.39 is 0 Å². The topological polar surface area (TPSA) is 34.4 Å². The molecule has 21 heavy (non-hydrogen) atoms. The summed E-state index contributed by atoms with van der Waals surface area (Å²) in [4.78, 5) is 0. The summed E-state index contributed by atoms with van der Waals surface area (Å²) in [5, 5.41) is 3.63. The van der Waals surface area contributed by atoms with Crippen LogP contribution in [0.25, 0.3) is 0 Å². The molecule has 0 bridgehead atoms. The third kappa shape index (κ3) is 3.30. The number of ether oxygens (including phenoxy) is 1. The molecule has 1 aromatic heterocycles. The van der Waals surface area contributed by atoms with Crippen LogP contribution >= 0.6 is 0 Å². The average molecular weight is 287 g/mol. The number of hydrogen-bond donors (Lipinski definition) is 1. The van der Waals surface area contributed by atoms with Gasteiger partial charge in [0.05, 0.1) is 13.2 Å². The molecule has 2 aromatic rings. The minimum absolute atomic E-state index is 0.160. The molecule has 2 rings (SSSR count). The number of aryl methyl sites for hydroxylation is 2. The highest BCUT2D eigenvalue weighted by atomic mass is 16.5. The van der Waals surface area contributed by atoms with Crippen molar-refractivity contribution in [1.29, 1.82) is 0 Å². The first-order valence-corrected chi connectivity index (χ1v) is 7.52. The first-order valence-electron chi connectivity index (χ1n) is 7.52.